The highest BCUT2D eigenvalue weighted by atomic mass is 32.2. The Hall–Kier alpha value is -1.07. The van der Waals surface area contributed by atoms with Crippen LogP contribution in [0.3, 0.4) is 0 Å². The number of rotatable bonds is 3. The number of benzene rings is 1. The summed E-state index contributed by atoms with van der Waals surface area (Å²) in [4.78, 5) is 0.337. The molecule has 1 aromatic rings. The van der Waals surface area contributed by atoms with E-state index in [1.165, 1.54) is 12.8 Å². The second-order valence-corrected chi connectivity index (χ2v) is 7.66. The molecule has 112 valence electrons. The van der Waals surface area contributed by atoms with Crippen molar-refractivity contribution in [1.82, 2.24) is 4.31 Å². The third kappa shape index (κ3) is 3.15. The molecule has 0 heterocycles. The Bertz CT molecular complexity index is 561. The van der Waals surface area contributed by atoms with Gasteiger partial charge in [0.15, 0.2) is 0 Å². The largest absolute Gasteiger partial charge is 0.399 e. The first-order chi connectivity index (χ1) is 9.43. The van der Waals surface area contributed by atoms with Gasteiger partial charge in [-0.15, -0.1) is 0 Å². The molecule has 1 fully saturated rings. The van der Waals surface area contributed by atoms with E-state index in [4.69, 9.17) is 5.73 Å². The van der Waals surface area contributed by atoms with Crippen molar-refractivity contribution in [3.63, 3.8) is 0 Å². The molecular formula is C15H24N2O2S. The number of nitrogens with zero attached hydrogens (tertiary/aromatic N) is 1. The van der Waals surface area contributed by atoms with E-state index in [1.807, 2.05) is 6.92 Å². The molecular weight excluding hydrogens is 272 g/mol. The maximum absolute atomic E-state index is 12.8. The standard InChI is InChI=1S/C15H24N2O2S/c1-12-9-10-13(16)11-15(12)20(18,19)17(2)14-7-5-3-4-6-8-14/h9-11,14H,3-8,16H2,1-2H3. The first kappa shape index (κ1) is 15.3. The van der Waals surface area contributed by atoms with Gasteiger partial charge in [0, 0.05) is 18.8 Å². The monoisotopic (exact) mass is 296 g/mol. The van der Waals surface area contributed by atoms with Crippen LogP contribution in [-0.2, 0) is 10.0 Å². The number of hydrogen-bond acceptors (Lipinski definition) is 3. The van der Waals surface area contributed by atoms with E-state index >= 15 is 0 Å². The summed E-state index contributed by atoms with van der Waals surface area (Å²) in [6.07, 6.45) is 6.55. The van der Waals surface area contributed by atoms with Crippen molar-refractivity contribution in [2.75, 3.05) is 12.8 Å². The Morgan fingerprint density at radius 1 is 1.15 bits per heavy atom. The van der Waals surface area contributed by atoms with Crippen LogP contribution in [0.1, 0.15) is 44.1 Å². The molecule has 20 heavy (non-hydrogen) atoms. The third-order valence-corrected chi connectivity index (χ3v) is 6.26. The molecule has 0 spiro atoms. The maximum Gasteiger partial charge on any atom is 0.243 e. The van der Waals surface area contributed by atoms with Crippen LogP contribution in [-0.4, -0.2) is 25.8 Å². The van der Waals surface area contributed by atoms with E-state index in [0.717, 1.165) is 31.2 Å². The zero-order chi connectivity index (χ0) is 14.8. The summed E-state index contributed by atoms with van der Waals surface area (Å²) in [6.45, 7) is 1.81. The summed E-state index contributed by atoms with van der Waals surface area (Å²) < 4.78 is 27.1. The van der Waals surface area contributed by atoms with E-state index in [0.29, 0.717) is 10.6 Å². The molecule has 1 aliphatic rings. The summed E-state index contributed by atoms with van der Waals surface area (Å²) >= 11 is 0. The number of anilines is 1. The lowest BCUT2D eigenvalue weighted by Gasteiger charge is -2.27. The molecule has 0 aliphatic heterocycles. The quantitative estimate of drug-likeness (QED) is 0.689. The molecule has 0 bridgehead atoms. The normalized spacial score (nSPS) is 18.1. The predicted molar refractivity (Wildman–Crippen MR) is 82.0 cm³/mol. The van der Waals surface area contributed by atoms with Crippen LogP contribution in [0.15, 0.2) is 23.1 Å². The maximum atomic E-state index is 12.8. The van der Waals surface area contributed by atoms with Gasteiger partial charge in [0.05, 0.1) is 4.90 Å². The van der Waals surface area contributed by atoms with Crippen molar-refractivity contribution >= 4 is 15.7 Å². The summed E-state index contributed by atoms with van der Waals surface area (Å²) in [5.41, 5.74) is 6.98. The summed E-state index contributed by atoms with van der Waals surface area (Å²) in [6, 6.07) is 5.18. The SMILES string of the molecule is Cc1ccc(N)cc1S(=O)(=O)N(C)C1CCCCCC1. The van der Waals surface area contributed by atoms with Gasteiger partial charge in [0.1, 0.15) is 0 Å². The van der Waals surface area contributed by atoms with E-state index in [9.17, 15) is 8.42 Å². The fourth-order valence-electron chi connectivity index (χ4n) is 2.87. The molecule has 0 unspecified atom stereocenters. The summed E-state index contributed by atoms with van der Waals surface area (Å²) in [5, 5.41) is 0. The van der Waals surface area contributed by atoms with Crippen molar-refractivity contribution in [1.29, 1.82) is 0 Å². The Kier molecular flexibility index (Phi) is 4.70. The molecule has 2 N–H and O–H groups in total. The molecule has 0 amide bonds. The van der Waals surface area contributed by atoms with Crippen molar-refractivity contribution < 1.29 is 8.42 Å². The Morgan fingerprint density at radius 3 is 2.35 bits per heavy atom. The lowest BCUT2D eigenvalue weighted by atomic mass is 10.1. The van der Waals surface area contributed by atoms with Crippen LogP contribution in [0.4, 0.5) is 5.69 Å². The fourth-order valence-corrected chi connectivity index (χ4v) is 4.54. The number of sulfonamides is 1. The second kappa shape index (κ2) is 6.14. The minimum absolute atomic E-state index is 0.114. The van der Waals surface area contributed by atoms with E-state index in [-0.39, 0.29) is 6.04 Å². The zero-order valence-corrected chi connectivity index (χ0v) is 13.1. The highest BCUT2D eigenvalue weighted by Gasteiger charge is 2.29. The molecule has 1 aromatic carbocycles. The lowest BCUT2D eigenvalue weighted by molar-refractivity contribution is 0.335. The molecule has 2 rings (SSSR count). The third-order valence-electron chi connectivity index (χ3n) is 4.21. The van der Waals surface area contributed by atoms with Gasteiger partial charge < -0.3 is 5.73 Å². The average Bonchev–Trinajstić information content (AvgIpc) is 2.69. The highest BCUT2D eigenvalue weighted by Crippen LogP contribution is 2.28. The van der Waals surface area contributed by atoms with E-state index in [1.54, 1.807) is 29.6 Å². The average molecular weight is 296 g/mol. The Morgan fingerprint density at radius 2 is 1.75 bits per heavy atom. The van der Waals surface area contributed by atoms with Crippen LogP contribution in [0.25, 0.3) is 0 Å². The minimum atomic E-state index is -3.45. The fraction of sp³-hybridized carbons (Fsp3) is 0.600. The molecule has 0 saturated heterocycles. The number of aryl methyl sites for hydroxylation is 1. The van der Waals surface area contributed by atoms with E-state index in [2.05, 4.69) is 0 Å². The highest BCUT2D eigenvalue weighted by molar-refractivity contribution is 7.89. The van der Waals surface area contributed by atoms with Crippen LogP contribution in [0.5, 0.6) is 0 Å². The van der Waals surface area contributed by atoms with Gasteiger partial charge in [0.25, 0.3) is 0 Å². The second-order valence-electron chi connectivity index (χ2n) is 5.69. The van der Waals surface area contributed by atoms with Gasteiger partial charge in [-0.05, 0) is 37.5 Å². The molecule has 1 saturated carbocycles. The van der Waals surface area contributed by atoms with Gasteiger partial charge in [-0.25, -0.2) is 8.42 Å². The van der Waals surface area contributed by atoms with Gasteiger partial charge in [0.2, 0.25) is 10.0 Å². The van der Waals surface area contributed by atoms with Crippen molar-refractivity contribution in [3.8, 4) is 0 Å². The summed E-state index contributed by atoms with van der Waals surface area (Å²) in [7, 11) is -1.75. The molecule has 1 aliphatic carbocycles. The van der Waals surface area contributed by atoms with Crippen LogP contribution in [0, 0.1) is 6.92 Å². The van der Waals surface area contributed by atoms with Gasteiger partial charge >= 0.3 is 0 Å². The van der Waals surface area contributed by atoms with Crippen molar-refractivity contribution in [2.24, 2.45) is 0 Å². The van der Waals surface area contributed by atoms with Crippen molar-refractivity contribution in [2.45, 2.75) is 56.4 Å². The predicted octanol–water partition coefficient (Wildman–Crippen LogP) is 2.92. The lowest BCUT2D eigenvalue weighted by Crippen LogP contribution is -2.37. The molecule has 5 heteroatoms. The topological polar surface area (TPSA) is 63.4 Å². The molecule has 0 atom stereocenters. The van der Waals surface area contributed by atoms with E-state index < -0.39 is 10.0 Å². The van der Waals surface area contributed by atoms with Gasteiger partial charge in [-0.3, -0.25) is 0 Å². The molecule has 0 radical (unpaired) electrons. The van der Waals surface area contributed by atoms with Crippen LogP contribution >= 0.6 is 0 Å². The Labute approximate surface area is 122 Å². The first-order valence-corrected chi connectivity index (χ1v) is 8.71. The number of nitrogen functional groups attached to an aromatic ring is 1. The van der Waals surface area contributed by atoms with Gasteiger partial charge in [-0.2, -0.15) is 4.31 Å². The Balaban J connectivity index is 2.31. The van der Waals surface area contributed by atoms with Crippen LogP contribution in [0.2, 0.25) is 0 Å². The smallest absolute Gasteiger partial charge is 0.243 e. The number of nitrogens with two attached hydrogens (primary N) is 1. The first-order valence-electron chi connectivity index (χ1n) is 7.27. The van der Waals surface area contributed by atoms with Gasteiger partial charge in [-0.1, -0.05) is 31.7 Å². The molecule has 0 aromatic heterocycles. The minimum Gasteiger partial charge on any atom is -0.399 e. The van der Waals surface area contributed by atoms with Crippen LogP contribution < -0.4 is 5.73 Å². The number of hydrogen-bond donors (Lipinski definition) is 1. The molecule has 4 nitrogen and oxygen atoms in total. The van der Waals surface area contributed by atoms with Crippen molar-refractivity contribution in [3.05, 3.63) is 23.8 Å². The summed E-state index contributed by atoms with van der Waals surface area (Å²) in [5.74, 6) is 0. The zero-order valence-electron chi connectivity index (χ0n) is 12.3.